The number of hydrogen-bond donors (Lipinski definition) is 1. The summed E-state index contributed by atoms with van der Waals surface area (Å²) in [6, 6.07) is 9.53. The van der Waals surface area contributed by atoms with Crippen molar-refractivity contribution in [1.29, 1.82) is 0 Å². The summed E-state index contributed by atoms with van der Waals surface area (Å²) in [6.45, 7) is 3.88. The highest BCUT2D eigenvalue weighted by molar-refractivity contribution is 6.05. The van der Waals surface area contributed by atoms with Crippen LogP contribution in [0.4, 0.5) is 13.2 Å². The van der Waals surface area contributed by atoms with Gasteiger partial charge in [-0.05, 0) is 41.5 Å². The number of carbonyl (C=O) groups excluding carboxylic acids is 1. The summed E-state index contributed by atoms with van der Waals surface area (Å²) in [5.41, 5.74) is 8.06. The van der Waals surface area contributed by atoms with E-state index in [-0.39, 0.29) is 11.4 Å². The van der Waals surface area contributed by atoms with Crippen LogP contribution in [-0.4, -0.2) is 56.9 Å². The molecule has 180 valence electrons. The second-order valence-corrected chi connectivity index (χ2v) is 8.23. The number of benzene rings is 1. The fraction of sp³-hybridized carbons (Fsp3) is 0.250. The molecule has 0 aliphatic carbocycles. The number of primary amides is 1. The van der Waals surface area contributed by atoms with Crippen LogP contribution in [0.2, 0.25) is 0 Å². The van der Waals surface area contributed by atoms with Gasteiger partial charge in [-0.3, -0.25) is 14.7 Å². The Bertz CT molecular complexity index is 1380. The molecule has 0 radical (unpaired) electrons. The number of ether oxygens (including phenoxy) is 1. The Morgan fingerprint density at radius 2 is 1.83 bits per heavy atom. The summed E-state index contributed by atoms with van der Waals surface area (Å²) < 4.78 is 45.4. The van der Waals surface area contributed by atoms with Crippen molar-refractivity contribution in [2.45, 2.75) is 12.7 Å². The van der Waals surface area contributed by atoms with Crippen LogP contribution in [0.5, 0.6) is 0 Å². The number of aromatic nitrogens is 4. The third-order valence-corrected chi connectivity index (χ3v) is 5.83. The maximum Gasteiger partial charge on any atom is 0.433 e. The van der Waals surface area contributed by atoms with E-state index in [1.807, 2.05) is 18.3 Å². The Balaban J connectivity index is 1.51. The molecular formula is C24H21F3N6O2. The van der Waals surface area contributed by atoms with Gasteiger partial charge in [-0.25, -0.2) is 9.67 Å². The van der Waals surface area contributed by atoms with Crippen molar-refractivity contribution in [2.24, 2.45) is 5.73 Å². The van der Waals surface area contributed by atoms with Gasteiger partial charge in [0.1, 0.15) is 5.69 Å². The largest absolute Gasteiger partial charge is 0.433 e. The smallest absolute Gasteiger partial charge is 0.379 e. The number of nitrogens with zero attached hydrogens (tertiary/aromatic N) is 5. The van der Waals surface area contributed by atoms with Gasteiger partial charge < -0.3 is 10.5 Å². The van der Waals surface area contributed by atoms with Gasteiger partial charge in [0.2, 0.25) is 0 Å². The van der Waals surface area contributed by atoms with Crippen molar-refractivity contribution in [3.8, 4) is 16.8 Å². The van der Waals surface area contributed by atoms with E-state index >= 15 is 0 Å². The first-order chi connectivity index (χ1) is 16.8. The van der Waals surface area contributed by atoms with E-state index < -0.39 is 17.8 Å². The number of rotatable bonds is 5. The standard InChI is InChI=1S/C24H21F3N6O2/c25-24(26,27)21-4-2-18(13-30-21)33-20-3-1-16(10-19(20)22(31-33)23(28)34)17-9-15(11-29-12-17)14-32-5-7-35-8-6-32/h1-4,9-13H,5-8,14H2,(H2,28,34). The van der Waals surface area contributed by atoms with Gasteiger partial charge in [-0.15, -0.1) is 0 Å². The molecule has 35 heavy (non-hydrogen) atoms. The molecular weight excluding hydrogens is 461 g/mol. The minimum Gasteiger partial charge on any atom is -0.379 e. The van der Waals surface area contributed by atoms with Crippen LogP contribution < -0.4 is 5.73 Å². The molecule has 8 nitrogen and oxygen atoms in total. The summed E-state index contributed by atoms with van der Waals surface area (Å²) in [7, 11) is 0. The van der Waals surface area contributed by atoms with Gasteiger partial charge in [-0.2, -0.15) is 18.3 Å². The molecule has 0 atom stereocenters. The second kappa shape index (κ2) is 9.08. The number of hydrogen-bond acceptors (Lipinski definition) is 6. The van der Waals surface area contributed by atoms with Crippen LogP contribution in [0, 0.1) is 0 Å². The number of amides is 1. The first kappa shape index (κ1) is 22.9. The molecule has 1 fully saturated rings. The van der Waals surface area contributed by atoms with E-state index in [0.29, 0.717) is 24.1 Å². The first-order valence-corrected chi connectivity index (χ1v) is 10.9. The molecule has 11 heteroatoms. The fourth-order valence-corrected chi connectivity index (χ4v) is 4.10. The normalized spacial score (nSPS) is 14.9. The summed E-state index contributed by atoms with van der Waals surface area (Å²) in [6.07, 6.45) is 0.0649. The number of alkyl halides is 3. The van der Waals surface area contributed by atoms with E-state index in [1.165, 1.54) is 10.7 Å². The van der Waals surface area contributed by atoms with Crippen molar-refractivity contribution in [2.75, 3.05) is 26.3 Å². The monoisotopic (exact) mass is 482 g/mol. The lowest BCUT2D eigenvalue weighted by Gasteiger charge is -2.26. The van der Waals surface area contributed by atoms with E-state index in [2.05, 4.69) is 20.0 Å². The number of halogens is 3. The molecule has 1 aliphatic heterocycles. The minimum atomic E-state index is -4.55. The summed E-state index contributed by atoms with van der Waals surface area (Å²) in [5, 5.41) is 4.75. The first-order valence-electron chi connectivity index (χ1n) is 10.9. The lowest BCUT2D eigenvalue weighted by Crippen LogP contribution is -2.35. The Morgan fingerprint density at radius 3 is 2.51 bits per heavy atom. The lowest BCUT2D eigenvalue weighted by atomic mass is 10.0. The van der Waals surface area contributed by atoms with Crippen LogP contribution in [0.25, 0.3) is 27.7 Å². The van der Waals surface area contributed by atoms with Gasteiger partial charge in [0.05, 0.1) is 30.6 Å². The van der Waals surface area contributed by atoms with Gasteiger partial charge in [0.15, 0.2) is 5.69 Å². The molecule has 0 unspecified atom stereocenters. The van der Waals surface area contributed by atoms with E-state index in [4.69, 9.17) is 10.5 Å². The third-order valence-electron chi connectivity index (χ3n) is 5.83. The molecule has 5 rings (SSSR count). The third kappa shape index (κ3) is 4.73. The zero-order valence-corrected chi connectivity index (χ0v) is 18.5. The minimum absolute atomic E-state index is 0.0131. The van der Waals surface area contributed by atoms with E-state index in [1.54, 1.807) is 18.3 Å². The van der Waals surface area contributed by atoms with Crippen molar-refractivity contribution in [3.05, 3.63) is 71.9 Å². The molecule has 4 heterocycles. The maximum absolute atomic E-state index is 12.9. The van der Waals surface area contributed by atoms with Gasteiger partial charge in [0, 0.05) is 43.0 Å². The number of pyridine rings is 2. The average Bonchev–Trinajstić information content (AvgIpc) is 3.24. The molecule has 0 bridgehead atoms. The van der Waals surface area contributed by atoms with Crippen LogP contribution in [0.15, 0.2) is 55.0 Å². The molecule has 3 aromatic heterocycles. The highest BCUT2D eigenvalue weighted by atomic mass is 19.4. The zero-order chi connectivity index (χ0) is 24.6. The van der Waals surface area contributed by atoms with Crippen LogP contribution in [0.1, 0.15) is 21.7 Å². The Hall–Kier alpha value is -3.83. The van der Waals surface area contributed by atoms with Crippen LogP contribution in [0.3, 0.4) is 0 Å². The Kier molecular flexibility index (Phi) is 5.95. The van der Waals surface area contributed by atoms with E-state index in [0.717, 1.165) is 48.6 Å². The number of carbonyl (C=O) groups is 1. The van der Waals surface area contributed by atoms with E-state index in [9.17, 15) is 18.0 Å². The highest BCUT2D eigenvalue weighted by Crippen LogP contribution is 2.30. The molecule has 0 spiro atoms. The van der Waals surface area contributed by atoms with Crippen molar-refractivity contribution >= 4 is 16.8 Å². The molecule has 4 aromatic rings. The molecule has 1 aliphatic rings. The van der Waals surface area contributed by atoms with Crippen molar-refractivity contribution in [1.82, 2.24) is 24.6 Å². The topological polar surface area (TPSA) is 99.2 Å². The van der Waals surface area contributed by atoms with Gasteiger partial charge in [-0.1, -0.05) is 6.07 Å². The van der Waals surface area contributed by atoms with Gasteiger partial charge in [0.25, 0.3) is 5.91 Å². The fourth-order valence-electron chi connectivity index (χ4n) is 4.10. The molecule has 1 amide bonds. The Morgan fingerprint density at radius 1 is 1.03 bits per heavy atom. The lowest BCUT2D eigenvalue weighted by molar-refractivity contribution is -0.141. The predicted molar refractivity (Wildman–Crippen MR) is 122 cm³/mol. The van der Waals surface area contributed by atoms with Gasteiger partial charge >= 0.3 is 6.18 Å². The molecule has 1 aromatic carbocycles. The van der Waals surface area contributed by atoms with Crippen molar-refractivity contribution < 1.29 is 22.7 Å². The number of nitrogens with two attached hydrogens (primary N) is 1. The summed E-state index contributed by atoms with van der Waals surface area (Å²) in [5.74, 6) is -0.745. The molecule has 0 saturated carbocycles. The number of fused-ring (bicyclic) bond motifs is 1. The van der Waals surface area contributed by atoms with Crippen LogP contribution in [-0.2, 0) is 17.5 Å². The Labute approximate surface area is 198 Å². The van der Waals surface area contributed by atoms with Crippen LogP contribution >= 0.6 is 0 Å². The summed E-state index contributed by atoms with van der Waals surface area (Å²) >= 11 is 0. The average molecular weight is 482 g/mol. The molecule has 2 N–H and O–H groups in total. The SMILES string of the molecule is NC(=O)c1nn(-c2ccc(C(F)(F)F)nc2)c2ccc(-c3cncc(CN4CCOCC4)c3)cc12. The second-order valence-electron chi connectivity index (χ2n) is 8.23. The van der Waals surface area contributed by atoms with Crippen molar-refractivity contribution in [3.63, 3.8) is 0 Å². The number of morpholine rings is 1. The maximum atomic E-state index is 12.9. The predicted octanol–water partition coefficient (Wildman–Crippen LogP) is 3.43. The molecule has 1 saturated heterocycles. The zero-order valence-electron chi connectivity index (χ0n) is 18.5. The quantitative estimate of drug-likeness (QED) is 0.468. The summed E-state index contributed by atoms with van der Waals surface area (Å²) in [4.78, 5) is 22.3. The highest BCUT2D eigenvalue weighted by Gasteiger charge is 2.32.